The van der Waals surface area contributed by atoms with Gasteiger partial charge in [-0.3, -0.25) is 24.5 Å². The standard InChI is InChI=1S/C21H20N2O6/c1-2-18(20(25)14-7-4-3-5-8-14)29-21(26)15-11-19(24)22(13-15)16-9-6-10-17(12-16)23(27)28/h3-10,12,15,18H,2,11,13H2,1H3/t15-,18-/m1/s1. The molecule has 0 bridgehead atoms. The molecule has 0 aromatic heterocycles. The summed E-state index contributed by atoms with van der Waals surface area (Å²) in [4.78, 5) is 49.2. The first kappa shape index (κ1) is 20.2. The maximum atomic E-state index is 12.6. The fourth-order valence-corrected chi connectivity index (χ4v) is 3.24. The number of benzene rings is 2. The molecule has 29 heavy (non-hydrogen) atoms. The Balaban J connectivity index is 1.69. The summed E-state index contributed by atoms with van der Waals surface area (Å²) in [5.41, 5.74) is 0.667. The largest absolute Gasteiger partial charge is 0.454 e. The van der Waals surface area contributed by atoms with Crippen molar-refractivity contribution in [2.45, 2.75) is 25.9 Å². The molecule has 1 aliphatic rings. The van der Waals surface area contributed by atoms with Gasteiger partial charge in [-0.1, -0.05) is 43.3 Å². The molecule has 2 atom stereocenters. The van der Waals surface area contributed by atoms with E-state index in [1.165, 1.54) is 23.1 Å². The van der Waals surface area contributed by atoms with E-state index in [0.717, 1.165) is 0 Å². The Morgan fingerprint density at radius 3 is 2.59 bits per heavy atom. The number of esters is 1. The maximum Gasteiger partial charge on any atom is 0.312 e. The van der Waals surface area contributed by atoms with Crippen molar-refractivity contribution in [1.82, 2.24) is 0 Å². The van der Waals surface area contributed by atoms with Crippen molar-refractivity contribution in [3.63, 3.8) is 0 Å². The third-order valence-electron chi connectivity index (χ3n) is 4.79. The minimum atomic E-state index is -0.924. The Morgan fingerprint density at radius 2 is 1.93 bits per heavy atom. The summed E-state index contributed by atoms with van der Waals surface area (Å²) in [6, 6.07) is 14.2. The average Bonchev–Trinajstić information content (AvgIpc) is 3.14. The monoisotopic (exact) mass is 396 g/mol. The molecule has 0 radical (unpaired) electrons. The van der Waals surface area contributed by atoms with Gasteiger partial charge in [0.25, 0.3) is 5.69 Å². The van der Waals surface area contributed by atoms with Crippen LogP contribution in [0.25, 0.3) is 0 Å². The minimum absolute atomic E-state index is 0.0504. The van der Waals surface area contributed by atoms with E-state index in [0.29, 0.717) is 17.7 Å². The molecule has 150 valence electrons. The van der Waals surface area contributed by atoms with Gasteiger partial charge >= 0.3 is 5.97 Å². The van der Waals surface area contributed by atoms with Gasteiger partial charge in [0.05, 0.1) is 16.5 Å². The smallest absolute Gasteiger partial charge is 0.312 e. The third-order valence-corrected chi connectivity index (χ3v) is 4.79. The second kappa shape index (κ2) is 8.64. The van der Waals surface area contributed by atoms with Crippen LogP contribution in [-0.2, 0) is 14.3 Å². The number of ether oxygens (including phenoxy) is 1. The van der Waals surface area contributed by atoms with Crippen molar-refractivity contribution >= 4 is 29.0 Å². The predicted molar refractivity (Wildman–Crippen MR) is 104 cm³/mol. The van der Waals surface area contributed by atoms with Crippen LogP contribution >= 0.6 is 0 Å². The molecular weight excluding hydrogens is 376 g/mol. The highest BCUT2D eigenvalue weighted by molar-refractivity contribution is 6.02. The Kier molecular flexibility index (Phi) is 6.01. The van der Waals surface area contributed by atoms with Crippen molar-refractivity contribution in [2.24, 2.45) is 5.92 Å². The number of rotatable bonds is 7. The van der Waals surface area contributed by atoms with Crippen molar-refractivity contribution in [2.75, 3.05) is 11.4 Å². The molecule has 0 N–H and O–H groups in total. The fourth-order valence-electron chi connectivity index (χ4n) is 3.24. The predicted octanol–water partition coefficient (Wildman–Crippen LogP) is 3.15. The molecule has 1 aliphatic heterocycles. The lowest BCUT2D eigenvalue weighted by Crippen LogP contribution is -2.31. The molecule has 0 unspecified atom stereocenters. The van der Waals surface area contributed by atoms with Crippen molar-refractivity contribution in [1.29, 1.82) is 0 Å². The number of amides is 1. The molecule has 1 heterocycles. The maximum absolute atomic E-state index is 12.6. The summed E-state index contributed by atoms with van der Waals surface area (Å²) < 4.78 is 5.42. The molecule has 0 saturated carbocycles. The van der Waals surface area contributed by atoms with E-state index >= 15 is 0 Å². The number of carbonyl (C=O) groups is 3. The number of ketones is 1. The zero-order chi connectivity index (χ0) is 21.0. The number of nitrogens with zero attached hydrogens (tertiary/aromatic N) is 2. The van der Waals surface area contributed by atoms with Gasteiger partial charge in [0.15, 0.2) is 6.10 Å². The summed E-state index contributed by atoms with van der Waals surface area (Å²) in [7, 11) is 0. The molecule has 2 aromatic carbocycles. The number of anilines is 1. The topological polar surface area (TPSA) is 107 Å². The summed E-state index contributed by atoms with van der Waals surface area (Å²) in [6.45, 7) is 1.79. The Morgan fingerprint density at radius 1 is 1.21 bits per heavy atom. The molecule has 8 heteroatoms. The van der Waals surface area contributed by atoms with Crippen LogP contribution in [0.4, 0.5) is 11.4 Å². The molecule has 2 aromatic rings. The molecule has 0 spiro atoms. The van der Waals surface area contributed by atoms with Crippen LogP contribution in [0.5, 0.6) is 0 Å². The van der Waals surface area contributed by atoms with E-state index in [-0.39, 0.29) is 30.3 Å². The second-order valence-electron chi connectivity index (χ2n) is 6.75. The van der Waals surface area contributed by atoms with Gasteiger partial charge in [-0.2, -0.15) is 0 Å². The second-order valence-corrected chi connectivity index (χ2v) is 6.75. The highest BCUT2D eigenvalue weighted by Gasteiger charge is 2.38. The van der Waals surface area contributed by atoms with Crippen LogP contribution in [-0.4, -0.2) is 35.2 Å². The van der Waals surface area contributed by atoms with E-state index in [2.05, 4.69) is 0 Å². The number of nitro benzene ring substituents is 1. The van der Waals surface area contributed by atoms with Crippen LogP contribution in [0.2, 0.25) is 0 Å². The summed E-state index contributed by atoms with van der Waals surface area (Å²) in [5.74, 6) is -1.97. The van der Waals surface area contributed by atoms with Crippen LogP contribution < -0.4 is 4.90 Å². The zero-order valence-corrected chi connectivity index (χ0v) is 15.8. The lowest BCUT2D eigenvalue weighted by molar-refractivity contribution is -0.384. The zero-order valence-electron chi connectivity index (χ0n) is 15.8. The first-order valence-corrected chi connectivity index (χ1v) is 9.25. The molecule has 1 amide bonds. The Hall–Kier alpha value is -3.55. The first-order chi connectivity index (χ1) is 13.9. The number of carbonyl (C=O) groups excluding carboxylic acids is 3. The van der Waals surface area contributed by atoms with Crippen LogP contribution in [0.3, 0.4) is 0 Å². The summed E-state index contributed by atoms with van der Waals surface area (Å²) in [5, 5.41) is 11.0. The van der Waals surface area contributed by atoms with Crippen LogP contribution in [0.1, 0.15) is 30.1 Å². The quantitative estimate of drug-likeness (QED) is 0.308. The molecule has 8 nitrogen and oxygen atoms in total. The van der Waals surface area contributed by atoms with E-state index < -0.39 is 22.9 Å². The molecular formula is C21H20N2O6. The first-order valence-electron chi connectivity index (χ1n) is 9.25. The van der Waals surface area contributed by atoms with Gasteiger partial charge < -0.3 is 9.64 Å². The van der Waals surface area contributed by atoms with Gasteiger partial charge in [0.1, 0.15) is 0 Å². The number of nitro groups is 1. The van der Waals surface area contributed by atoms with Gasteiger partial charge in [-0.25, -0.2) is 0 Å². The average molecular weight is 396 g/mol. The van der Waals surface area contributed by atoms with Crippen LogP contribution in [0, 0.1) is 16.0 Å². The van der Waals surface area contributed by atoms with Crippen molar-refractivity contribution < 1.29 is 24.0 Å². The van der Waals surface area contributed by atoms with E-state index in [9.17, 15) is 24.5 Å². The van der Waals surface area contributed by atoms with Crippen molar-refractivity contribution in [3.05, 3.63) is 70.3 Å². The van der Waals surface area contributed by atoms with Gasteiger partial charge in [0.2, 0.25) is 11.7 Å². The van der Waals surface area contributed by atoms with E-state index in [4.69, 9.17) is 4.74 Å². The highest BCUT2D eigenvalue weighted by atomic mass is 16.6. The third kappa shape index (κ3) is 4.48. The van der Waals surface area contributed by atoms with Crippen LogP contribution in [0.15, 0.2) is 54.6 Å². The summed E-state index contributed by atoms with van der Waals surface area (Å²) >= 11 is 0. The van der Waals surface area contributed by atoms with Gasteiger partial charge in [-0.15, -0.1) is 0 Å². The summed E-state index contributed by atoms with van der Waals surface area (Å²) in [6.07, 6.45) is -0.682. The fraction of sp³-hybridized carbons (Fsp3) is 0.286. The van der Waals surface area contributed by atoms with E-state index in [1.807, 2.05) is 0 Å². The molecule has 1 fully saturated rings. The molecule has 1 saturated heterocycles. The van der Waals surface area contributed by atoms with Gasteiger partial charge in [0, 0.05) is 30.7 Å². The number of hydrogen-bond donors (Lipinski definition) is 0. The molecule has 3 rings (SSSR count). The van der Waals surface area contributed by atoms with E-state index in [1.54, 1.807) is 43.3 Å². The number of Topliss-reactive ketones (excluding diaryl/α,β-unsaturated/α-hetero) is 1. The SMILES string of the molecule is CC[C@@H](OC(=O)[C@@H]1CC(=O)N(c2cccc([N+](=O)[O-])c2)C1)C(=O)c1ccccc1. The number of non-ortho nitro benzene ring substituents is 1. The highest BCUT2D eigenvalue weighted by Crippen LogP contribution is 2.29. The Labute approximate surface area is 167 Å². The molecule has 0 aliphatic carbocycles. The minimum Gasteiger partial charge on any atom is -0.454 e. The lowest BCUT2D eigenvalue weighted by Gasteiger charge is -2.19. The van der Waals surface area contributed by atoms with Crippen molar-refractivity contribution in [3.8, 4) is 0 Å². The van der Waals surface area contributed by atoms with Gasteiger partial charge in [-0.05, 0) is 12.5 Å². The number of hydrogen-bond acceptors (Lipinski definition) is 6. The Bertz CT molecular complexity index is 943. The normalized spacial score (nSPS) is 17.1. The lowest BCUT2D eigenvalue weighted by atomic mass is 10.0.